The third kappa shape index (κ3) is 2.57. The topological polar surface area (TPSA) is 23.8 Å². The molecule has 0 radical (unpaired) electrons. The van der Waals surface area contributed by atoms with Crippen LogP contribution in [0.5, 0.6) is 0 Å². The van der Waals surface area contributed by atoms with Crippen LogP contribution in [0, 0.1) is 18.3 Å². The van der Waals surface area contributed by atoms with Gasteiger partial charge in [-0.05, 0) is 36.0 Å². The van der Waals surface area contributed by atoms with E-state index in [4.69, 9.17) is 5.26 Å². The molecule has 2 aromatic carbocycles. The van der Waals surface area contributed by atoms with E-state index in [1.807, 2.05) is 24.3 Å². The minimum absolute atomic E-state index is 0.364. The molecular weight excluding hydrogens is 205 g/mol. The number of nitriles is 1. The molecule has 0 N–H and O–H groups in total. The van der Waals surface area contributed by atoms with Crippen LogP contribution in [0.1, 0.15) is 28.1 Å². The molecule has 0 saturated heterocycles. The Morgan fingerprint density at radius 2 is 1.41 bits per heavy atom. The molecule has 0 spiro atoms. The Morgan fingerprint density at radius 1 is 0.941 bits per heavy atom. The van der Waals surface area contributed by atoms with Gasteiger partial charge in [0.05, 0.1) is 11.6 Å². The first-order valence-corrected chi connectivity index (χ1v) is 5.77. The molecule has 0 aliphatic carbocycles. The summed E-state index contributed by atoms with van der Waals surface area (Å²) >= 11 is 0. The molecule has 1 unspecified atom stereocenters. The van der Waals surface area contributed by atoms with Crippen LogP contribution in [0.3, 0.4) is 0 Å². The van der Waals surface area contributed by atoms with Gasteiger partial charge >= 0.3 is 0 Å². The van der Waals surface area contributed by atoms with E-state index in [-0.39, 0.29) is 0 Å². The van der Waals surface area contributed by atoms with Crippen LogP contribution < -0.4 is 0 Å². The highest BCUT2D eigenvalue weighted by Gasteiger charge is 2.07. The second-order valence-electron chi connectivity index (χ2n) is 4.37. The van der Waals surface area contributed by atoms with Crippen molar-refractivity contribution in [1.82, 2.24) is 0 Å². The lowest BCUT2D eigenvalue weighted by atomic mass is 9.75. The van der Waals surface area contributed by atoms with Crippen LogP contribution >= 0.6 is 0 Å². The highest BCUT2D eigenvalue weighted by Crippen LogP contribution is 2.21. The summed E-state index contributed by atoms with van der Waals surface area (Å²) < 4.78 is 0. The summed E-state index contributed by atoms with van der Waals surface area (Å²) in [6.45, 7) is 2.09. The zero-order valence-electron chi connectivity index (χ0n) is 10.1. The average Bonchev–Trinajstić information content (AvgIpc) is 2.39. The first-order valence-electron chi connectivity index (χ1n) is 5.77. The Kier molecular flexibility index (Phi) is 3.30. The van der Waals surface area contributed by atoms with Crippen LogP contribution in [-0.4, -0.2) is 7.85 Å². The number of aryl methyl sites for hydroxylation is 1. The van der Waals surface area contributed by atoms with Crippen LogP contribution in [0.25, 0.3) is 0 Å². The molecule has 1 nitrogen and oxygen atoms in total. The predicted octanol–water partition coefficient (Wildman–Crippen LogP) is 2.59. The fourth-order valence-corrected chi connectivity index (χ4v) is 1.89. The van der Waals surface area contributed by atoms with Crippen molar-refractivity contribution in [3.63, 3.8) is 0 Å². The Labute approximate surface area is 103 Å². The largest absolute Gasteiger partial charge is 0.192 e. The van der Waals surface area contributed by atoms with Gasteiger partial charge in [0.1, 0.15) is 7.85 Å². The van der Waals surface area contributed by atoms with Gasteiger partial charge in [-0.1, -0.05) is 42.0 Å². The maximum atomic E-state index is 8.76. The highest BCUT2D eigenvalue weighted by molar-refractivity contribution is 6.14. The molecule has 1 atom stereocenters. The molecule has 0 aliphatic rings. The summed E-state index contributed by atoms with van der Waals surface area (Å²) in [5, 5.41) is 8.76. The van der Waals surface area contributed by atoms with E-state index in [1.165, 1.54) is 16.7 Å². The molecule has 0 fully saturated rings. The summed E-state index contributed by atoms with van der Waals surface area (Å²) in [5.41, 5.74) is 4.54. The summed E-state index contributed by atoms with van der Waals surface area (Å²) in [6.07, 6.45) is 0. The third-order valence-electron chi connectivity index (χ3n) is 3.12. The molecule has 0 amide bonds. The number of hydrogen-bond donors (Lipinski definition) is 0. The van der Waals surface area contributed by atoms with E-state index in [0.29, 0.717) is 11.4 Å². The van der Waals surface area contributed by atoms with E-state index in [9.17, 15) is 0 Å². The van der Waals surface area contributed by atoms with Crippen LogP contribution in [0.4, 0.5) is 0 Å². The van der Waals surface area contributed by atoms with Crippen molar-refractivity contribution < 1.29 is 0 Å². The SMILES string of the molecule is BC(c1ccc(C)cc1)c1ccc(C#N)cc1. The Balaban J connectivity index is 2.27. The van der Waals surface area contributed by atoms with Gasteiger partial charge < -0.3 is 0 Å². The van der Waals surface area contributed by atoms with Crippen molar-refractivity contribution in [1.29, 1.82) is 5.26 Å². The van der Waals surface area contributed by atoms with Crippen molar-refractivity contribution in [2.45, 2.75) is 12.7 Å². The Hall–Kier alpha value is -2.01. The van der Waals surface area contributed by atoms with Gasteiger partial charge in [-0.3, -0.25) is 0 Å². The zero-order valence-corrected chi connectivity index (χ0v) is 10.1. The van der Waals surface area contributed by atoms with Gasteiger partial charge in [0.25, 0.3) is 0 Å². The maximum Gasteiger partial charge on any atom is 0.116 e. The average molecular weight is 219 g/mol. The van der Waals surface area contributed by atoms with E-state index in [0.717, 1.165) is 0 Å². The molecule has 17 heavy (non-hydrogen) atoms. The molecule has 0 aliphatic heterocycles. The zero-order chi connectivity index (χ0) is 12.3. The normalized spacial score (nSPS) is 11.8. The summed E-state index contributed by atoms with van der Waals surface area (Å²) in [7, 11) is 2.19. The minimum Gasteiger partial charge on any atom is -0.192 e. The Bertz CT molecular complexity index is 535. The van der Waals surface area contributed by atoms with Crippen molar-refractivity contribution in [3.05, 3.63) is 70.8 Å². The lowest BCUT2D eigenvalue weighted by molar-refractivity contribution is 1.13. The second kappa shape index (κ2) is 4.89. The first kappa shape index (κ1) is 11.5. The minimum atomic E-state index is 0.364. The van der Waals surface area contributed by atoms with Gasteiger partial charge in [0.15, 0.2) is 0 Å². The summed E-state index contributed by atoms with van der Waals surface area (Å²) in [5.74, 6) is 0.364. The van der Waals surface area contributed by atoms with Gasteiger partial charge in [-0.25, -0.2) is 0 Å². The molecule has 2 aromatic rings. The van der Waals surface area contributed by atoms with Gasteiger partial charge in [-0.2, -0.15) is 5.26 Å². The number of hydrogen-bond acceptors (Lipinski definition) is 1. The number of rotatable bonds is 2. The molecular formula is C15H14BN. The summed E-state index contributed by atoms with van der Waals surface area (Å²) in [6, 6.07) is 18.6. The quantitative estimate of drug-likeness (QED) is 0.712. The van der Waals surface area contributed by atoms with Crippen molar-refractivity contribution in [2.75, 3.05) is 0 Å². The molecule has 0 heterocycles. The standard InChI is InChI=1S/C15H14BN/c1-11-2-6-13(7-3-11)15(16)14-8-4-12(10-17)5-9-14/h2-9,15H,16H2,1H3. The number of benzene rings is 2. The Morgan fingerprint density at radius 3 is 1.88 bits per heavy atom. The van der Waals surface area contributed by atoms with E-state index in [2.05, 4.69) is 45.1 Å². The molecule has 0 saturated carbocycles. The lowest BCUT2D eigenvalue weighted by Crippen LogP contribution is -2.00. The second-order valence-corrected chi connectivity index (χ2v) is 4.37. The van der Waals surface area contributed by atoms with Gasteiger partial charge in [-0.15, -0.1) is 0 Å². The van der Waals surface area contributed by atoms with E-state index in [1.54, 1.807) is 0 Å². The fraction of sp³-hybridized carbons (Fsp3) is 0.133. The lowest BCUT2D eigenvalue weighted by Gasteiger charge is -2.12. The fourth-order valence-electron chi connectivity index (χ4n) is 1.89. The molecule has 0 aromatic heterocycles. The first-order chi connectivity index (χ1) is 8.20. The maximum absolute atomic E-state index is 8.76. The van der Waals surface area contributed by atoms with Crippen molar-refractivity contribution in [3.8, 4) is 6.07 Å². The predicted molar refractivity (Wildman–Crippen MR) is 72.7 cm³/mol. The monoisotopic (exact) mass is 219 g/mol. The van der Waals surface area contributed by atoms with E-state index < -0.39 is 0 Å². The molecule has 0 bridgehead atoms. The van der Waals surface area contributed by atoms with Crippen molar-refractivity contribution >= 4 is 7.85 Å². The van der Waals surface area contributed by atoms with Crippen LogP contribution in [-0.2, 0) is 0 Å². The highest BCUT2D eigenvalue weighted by atomic mass is 14.2. The van der Waals surface area contributed by atoms with Gasteiger partial charge in [0.2, 0.25) is 0 Å². The smallest absolute Gasteiger partial charge is 0.116 e. The summed E-state index contributed by atoms with van der Waals surface area (Å²) in [4.78, 5) is 0. The van der Waals surface area contributed by atoms with Crippen LogP contribution in [0.2, 0.25) is 0 Å². The molecule has 2 heteroatoms. The third-order valence-corrected chi connectivity index (χ3v) is 3.12. The number of nitrogens with zero attached hydrogens (tertiary/aromatic N) is 1. The van der Waals surface area contributed by atoms with Crippen molar-refractivity contribution in [2.24, 2.45) is 0 Å². The van der Waals surface area contributed by atoms with E-state index >= 15 is 0 Å². The molecule has 2 rings (SSSR count). The van der Waals surface area contributed by atoms with Gasteiger partial charge in [0, 0.05) is 0 Å². The van der Waals surface area contributed by atoms with Crippen LogP contribution in [0.15, 0.2) is 48.5 Å². The molecule has 82 valence electrons.